The molecule has 0 saturated carbocycles. The molecule has 0 radical (unpaired) electrons. The molecule has 132 valence electrons. The number of benzene rings is 1. The Morgan fingerprint density at radius 2 is 2.12 bits per heavy atom. The minimum Gasteiger partial charge on any atom is -0.464 e. The van der Waals surface area contributed by atoms with E-state index in [1.54, 1.807) is 4.90 Å². The number of morpholine rings is 1. The van der Waals surface area contributed by atoms with Gasteiger partial charge in [0.25, 0.3) is 0 Å². The average Bonchev–Trinajstić information content (AvgIpc) is 2.58. The van der Waals surface area contributed by atoms with Crippen molar-refractivity contribution in [1.82, 2.24) is 4.90 Å². The molecule has 1 aromatic carbocycles. The van der Waals surface area contributed by atoms with Crippen molar-refractivity contribution in [3.05, 3.63) is 29.8 Å². The van der Waals surface area contributed by atoms with Crippen molar-refractivity contribution in [1.29, 1.82) is 0 Å². The molecular weight excluding hydrogens is 314 g/mol. The first kappa shape index (κ1) is 17.2. The molecule has 7 heteroatoms. The molecule has 7 nitrogen and oxygen atoms in total. The van der Waals surface area contributed by atoms with Crippen LogP contribution in [0.25, 0.3) is 0 Å². The van der Waals surface area contributed by atoms with E-state index in [1.165, 1.54) is 0 Å². The third-order valence-electron chi connectivity index (χ3n) is 4.22. The van der Waals surface area contributed by atoms with Crippen LogP contribution >= 0.6 is 0 Å². The Hall–Kier alpha value is -1.67. The molecular formula is C17H23NO6. The second-order valence-electron chi connectivity index (χ2n) is 6.09. The fraction of sp³-hybridized carbons (Fsp3) is 0.588. The fourth-order valence-electron chi connectivity index (χ4n) is 2.96. The maximum atomic E-state index is 11.9. The lowest BCUT2D eigenvalue weighted by atomic mass is 10.1. The molecule has 2 aliphatic heterocycles. The van der Waals surface area contributed by atoms with Crippen LogP contribution < -0.4 is 4.74 Å². The highest BCUT2D eigenvalue weighted by Gasteiger charge is 2.30. The Labute approximate surface area is 140 Å². The van der Waals surface area contributed by atoms with Gasteiger partial charge in [0.2, 0.25) is 12.2 Å². The molecule has 1 unspecified atom stereocenters. The van der Waals surface area contributed by atoms with Gasteiger partial charge in [-0.25, -0.2) is 0 Å². The van der Waals surface area contributed by atoms with Crippen LogP contribution in [-0.2, 0) is 20.8 Å². The summed E-state index contributed by atoms with van der Waals surface area (Å²) in [5.74, 6) is 0.577. The summed E-state index contributed by atoms with van der Waals surface area (Å²) in [6.07, 6.45) is -0.852. The van der Waals surface area contributed by atoms with E-state index in [4.69, 9.17) is 14.2 Å². The summed E-state index contributed by atoms with van der Waals surface area (Å²) in [6, 6.07) is 7.46. The Kier molecular flexibility index (Phi) is 5.68. The summed E-state index contributed by atoms with van der Waals surface area (Å²) in [5, 5.41) is 19.1. The summed E-state index contributed by atoms with van der Waals surface area (Å²) >= 11 is 0. The molecule has 2 saturated heterocycles. The third kappa shape index (κ3) is 4.24. The van der Waals surface area contributed by atoms with Gasteiger partial charge in [0.05, 0.1) is 25.4 Å². The standard InChI is InChI=1S/C17H23NO6/c19-10-14-7-13(20)8-17(23-14)24-15-4-2-1-3-12(15)9-18-5-6-22-11-16(18)21/h1-4,13-14,17,19-20H,5-11H2/t13-,14?,17-/m0/s1. The van der Waals surface area contributed by atoms with Crippen molar-refractivity contribution in [2.24, 2.45) is 0 Å². The molecule has 0 bridgehead atoms. The normalized spacial score (nSPS) is 28.0. The van der Waals surface area contributed by atoms with Gasteiger partial charge in [-0.3, -0.25) is 4.79 Å². The van der Waals surface area contributed by atoms with Crippen LogP contribution in [0.3, 0.4) is 0 Å². The number of amides is 1. The van der Waals surface area contributed by atoms with Crippen molar-refractivity contribution in [2.75, 3.05) is 26.4 Å². The second-order valence-corrected chi connectivity index (χ2v) is 6.09. The molecule has 3 atom stereocenters. The van der Waals surface area contributed by atoms with Crippen molar-refractivity contribution in [2.45, 2.75) is 37.9 Å². The maximum absolute atomic E-state index is 11.9. The minimum atomic E-state index is -0.618. The summed E-state index contributed by atoms with van der Waals surface area (Å²) in [5.41, 5.74) is 0.872. The van der Waals surface area contributed by atoms with E-state index in [-0.39, 0.29) is 19.1 Å². The quantitative estimate of drug-likeness (QED) is 0.802. The van der Waals surface area contributed by atoms with Crippen LogP contribution in [0.5, 0.6) is 5.75 Å². The van der Waals surface area contributed by atoms with Crippen molar-refractivity contribution in [3.8, 4) is 5.75 Å². The van der Waals surface area contributed by atoms with Crippen LogP contribution in [0.2, 0.25) is 0 Å². The highest BCUT2D eigenvalue weighted by Crippen LogP contribution is 2.26. The zero-order valence-corrected chi connectivity index (χ0v) is 13.5. The van der Waals surface area contributed by atoms with Gasteiger partial charge in [-0.05, 0) is 6.07 Å². The lowest BCUT2D eigenvalue weighted by Crippen LogP contribution is -2.41. The van der Waals surface area contributed by atoms with Crippen molar-refractivity contribution < 1.29 is 29.2 Å². The van der Waals surface area contributed by atoms with Crippen molar-refractivity contribution in [3.63, 3.8) is 0 Å². The number of carbonyl (C=O) groups excluding carboxylic acids is 1. The van der Waals surface area contributed by atoms with Gasteiger partial charge >= 0.3 is 0 Å². The largest absolute Gasteiger partial charge is 0.464 e. The SMILES string of the molecule is O=C1COCCN1Cc1ccccc1O[C@H]1C[C@@H](O)CC(CO)O1. The van der Waals surface area contributed by atoms with Gasteiger partial charge in [0, 0.05) is 31.5 Å². The molecule has 2 aliphatic rings. The molecule has 1 amide bonds. The van der Waals surface area contributed by atoms with E-state index in [0.717, 1.165) is 5.56 Å². The molecule has 2 heterocycles. The molecule has 0 aromatic heterocycles. The van der Waals surface area contributed by atoms with E-state index in [2.05, 4.69) is 0 Å². The van der Waals surface area contributed by atoms with Crippen LogP contribution in [0.15, 0.2) is 24.3 Å². The molecule has 2 fully saturated rings. The lowest BCUT2D eigenvalue weighted by molar-refractivity contribution is -0.184. The first-order chi connectivity index (χ1) is 11.7. The van der Waals surface area contributed by atoms with Crippen molar-refractivity contribution >= 4 is 5.91 Å². The van der Waals surface area contributed by atoms with Crippen LogP contribution in [0.1, 0.15) is 18.4 Å². The molecule has 1 aromatic rings. The zero-order valence-electron chi connectivity index (χ0n) is 13.5. The number of aliphatic hydroxyl groups is 2. The number of rotatable bonds is 5. The Morgan fingerprint density at radius 1 is 1.29 bits per heavy atom. The number of ether oxygens (including phenoxy) is 3. The van der Waals surface area contributed by atoms with E-state index in [0.29, 0.717) is 38.3 Å². The number of para-hydroxylation sites is 1. The van der Waals surface area contributed by atoms with Crippen LogP contribution in [0.4, 0.5) is 0 Å². The second kappa shape index (κ2) is 7.94. The van der Waals surface area contributed by atoms with Gasteiger partial charge in [0.1, 0.15) is 12.4 Å². The molecule has 0 aliphatic carbocycles. The maximum Gasteiger partial charge on any atom is 0.248 e. The number of hydrogen-bond acceptors (Lipinski definition) is 6. The van der Waals surface area contributed by atoms with Gasteiger partial charge in [-0.1, -0.05) is 18.2 Å². The topological polar surface area (TPSA) is 88.5 Å². The monoisotopic (exact) mass is 337 g/mol. The number of carbonyl (C=O) groups is 1. The average molecular weight is 337 g/mol. The predicted octanol–water partition coefficient (Wildman–Crippen LogP) is 0.283. The Bertz CT molecular complexity index is 566. The zero-order chi connectivity index (χ0) is 16.9. The van der Waals surface area contributed by atoms with Crippen LogP contribution in [0, 0.1) is 0 Å². The summed E-state index contributed by atoms with van der Waals surface area (Å²) in [7, 11) is 0. The first-order valence-electron chi connectivity index (χ1n) is 8.20. The summed E-state index contributed by atoms with van der Waals surface area (Å²) < 4.78 is 16.7. The van der Waals surface area contributed by atoms with Crippen LogP contribution in [-0.4, -0.2) is 65.9 Å². The Morgan fingerprint density at radius 3 is 2.92 bits per heavy atom. The highest BCUT2D eigenvalue weighted by atomic mass is 16.7. The number of hydrogen-bond donors (Lipinski definition) is 2. The minimum absolute atomic E-state index is 0.0410. The van der Waals surface area contributed by atoms with E-state index in [9.17, 15) is 15.0 Å². The number of aliphatic hydroxyl groups excluding tert-OH is 2. The molecule has 24 heavy (non-hydrogen) atoms. The lowest BCUT2D eigenvalue weighted by Gasteiger charge is -2.33. The van der Waals surface area contributed by atoms with Gasteiger partial charge < -0.3 is 29.3 Å². The van der Waals surface area contributed by atoms with E-state index in [1.807, 2.05) is 24.3 Å². The summed E-state index contributed by atoms with van der Waals surface area (Å²) in [4.78, 5) is 13.6. The molecule has 2 N–H and O–H groups in total. The smallest absolute Gasteiger partial charge is 0.248 e. The predicted molar refractivity (Wildman–Crippen MR) is 84.3 cm³/mol. The van der Waals surface area contributed by atoms with E-state index >= 15 is 0 Å². The van der Waals surface area contributed by atoms with E-state index < -0.39 is 18.5 Å². The van der Waals surface area contributed by atoms with Gasteiger partial charge in [0.15, 0.2) is 0 Å². The Balaban J connectivity index is 1.68. The fourth-order valence-corrected chi connectivity index (χ4v) is 2.96. The van der Waals surface area contributed by atoms with Gasteiger partial charge in [-0.15, -0.1) is 0 Å². The molecule has 0 spiro atoms. The highest BCUT2D eigenvalue weighted by molar-refractivity contribution is 5.78. The summed E-state index contributed by atoms with van der Waals surface area (Å²) in [6.45, 7) is 1.49. The number of nitrogens with zero attached hydrogens (tertiary/aromatic N) is 1. The first-order valence-corrected chi connectivity index (χ1v) is 8.20. The molecule has 3 rings (SSSR count). The van der Waals surface area contributed by atoms with Gasteiger partial charge in [-0.2, -0.15) is 0 Å². The third-order valence-corrected chi connectivity index (χ3v) is 4.22.